The van der Waals surface area contributed by atoms with Crippen LogP contribution < -0.4 is 0 Å². The molecule has 3 atom stereocenters. The summed E-state index contributed by atoms with van der Waals surface area (Å²) < 4.78 is 36.2. The molecule has 1 aromatic carbocycles. The molecule has 1 N–H and O–H groups in total. The van der Waals surface area contributed by atoms with Crippen LogP contribution in [0.2, 0.25) is 0 Å². The highest BCUT2D eigenvalue weighted by atomic mass is 32.2. The van der Waals surface area contributed by atoms with Crippen molar-refractivity contribution in [1.82, 2.24) is 4.90 Å². The predicted octanol–water partition coefficient (Wildman–Crippen LogP) is 1.61. The molecule has 1 rings (SSSR count). The molecule has 1 aromatic rings. The van der Waals surface area contributed by atoms with Gasteiger partial charge >= 0.3 is 0 Å². The number of rotatable bonds is 6. The number of benzene rings is 1. The van der Waals surface area contributed by atoms with Gasteiger partial charge in [-0.2, -0.15) is 0 Å². The molecule has 0 saturated carbocycles. The third-order valence-electron chi connectivity index (χ3n) is 3.74. The average molecular weight is 303 g/mol. The first-order valence-corrected chi connectivity index (χ1v) is 8.41. The maximum atomic E-state index is 13.1. The van der Waals surface area contributed by atoms with Crippen molar-refractivity contribution in [2.24, 2.45) is 0 Å². The topological polar surface area (TPSA) is 57.6 Å². The second-order valence-corrected chi connectivity index (χ2v) is 7.69. The van der Waals surface area contributed by atoms with Crippen LogP contribution in [0.5, 0.6) is 0 Å². The van der Waals surface area contributed by atoms with E-state index in [-0.39, 0.29) is 12.6 Å². The monoisotopic (exact) mass is 303 g/mol. The highest BCUT2D eigenvalue weighted by Crippen LogP contribution is 2.18. The lowest BCUT2D eigenvalue weighted by molar-refractivity contribution is 0.108. The van der Waals surface area contributed by atoms with Crippen LogP contribution >= 0.6 is 0 Å². The zero-order valence-electron chi connectivity index (χ0n) is 12.2. The molecule has 0 unspecified atom stereocenters. The van der Waals surface area contributed by atoms with Gasteiger partial charge in [0.1, 0.15) is 5.82 Å². The molecule has 0 aliphatic carbocycles. The summed E-state index contributed by atoms with van der Waals surface area (Å²) in [5.74, 6) is -0.401. The molecule has 0 aliphatic rings. The van der Waals surface area contributed by atoms with Crippen LogP contribution in [0, 0.1) is 5.82 Å². The molecule has 0 saturated heterocycles. The summed E-state index contributed by atoms with van der Waals surface area (Å²) in [6.07, 6.45) is 0.343. The Morgan fingerprint density at radius 1 is 1.35 bits per heavy atom. The molecular formula is C14H22FNO3S. The van der Waals surface area contributed by atoms with E-state index in [0.717, 1.165) is 0 Å². The third-order valence-corrected chi connectivity index (χ3v) is 5.49. The Balaban J connectivity index is 2.73. The first kappa shape index (κ1) is 17.1. The van der Waals surface area contributed by atoms with Crippen molar-refractivity contribution in [3.63, 3.8) is 0 Å². The smallest absolute Gasteiger partial charge is 0.151 e. The summed E-state index contributed by atoms with van der Waals surface area (Å²) >= 11 is 0. The molecule has 20 heavy (non-hydrogen) atoms. The number of halogens is 1. The van der Waals surface area contributed by atoms with Crippen molar-refractivity contribution in [2.75, 3.05) is 19.8 Å². The highest BCUT2D eigenvalue weighted by Gasteiger charge is 2.26. The van der Waals surface area contributed by atoms with Crippen LogP contribution in [0.25, 0.3) is 0 Å². The Bertz CT molecular complexity index is 547. The fourth-order valence-electron chi connectivity index (χ4n) is 1.97. The molecule has 0 bridgehead atoms. The molecule has 114 valence electrons. The number of aliphatic hydroxyl groups is 1. The summed E-state index contributed by atoms with van der Waals surface area (Å²) in [6, 6.07) is 5.54. The lowest BCUT2D eigenvalue weighted by Gasteiger charge is -2.30. The number of sulfone groups is 1. The van der Waals surface area contributed by atoms with Gasteiger partial charge in [-0.25, -0.2) is 12.8 Å². The van der Waals surface area contributed by atoms with Crippen LogP contribution in [0.1, 0.15) is 25.5 Å². The van der Waals surface area contributed by atoms with E-state index in [1.54, 1.807) is 31.9 Å². The Morgan fingerprint density at radius 3 is 2.45 bits per heavy atom. The minimum atomic E-state index is -3.14. The van der Waals surface area contributed by atoms with Gasteiger partial charge in [-0.1, -0.05) is 12.1 Å². The molecule has 6 heteroatoms. The van der Waals surface area contributed by atoms with E-state index < -0.39 is 27.0 Å². The number of hydrogen-bond acceptors (Lipinski definition) is 4. The molecule has 0 fully saturated rings. The van der Waals surface area contributed by atoms with Crippen molar-refractivity contribution in [2.45, 2.75) is 31.2 Å². The molecule has 0 amide bonds. The lowest BCUT2D eigenvalue weighted by atomic mass is 10.1. The average Bonchev–Trinajstić information content (AvgIpc) is 2.35. The Morgan fingerprint density at radius 2 is 1.95 bits per heavy atom. The van der Waals surface area contributed by atoms with Crippen molar-refractivity contribution in [1.29, 1.82) is 0 Å². The van der Waals surface area contributed by atoms with E-state index in [2.05, 4.69) is 0 Å². The van der Waals surface area contributed by atoms with E-state index in [9.17, 15) is 17.9 Å². The van der Waals surface area contributed by atoms with Crippen LogP contribution in [0.3, 0.4) is 0 Å². The third kappa shape index (κ3) is 4.54. The van der Waals surface area contributed by atoms with Gasteiger partial charge in [0.25, 0.3) is 0 Å². The molecule has 0 aliphatic heterocycles. The molecule has 0 radical (unpaired) electrons. The zero-order valence-corrected chi connectivity index (χ0v) is 13.1. The SMILES string of the molecule is C[C@H]([C@@H](C)S(C)(=O)=O)N(C)C[C@H](O)c1cccc(F)c1. The quantitative estimate of drug-likeness (QED) is 0.867. The lowest BCUT2D eigenvalue weighted by Crippen LogP contribution is -2.43. The van der Waals surface area contributed by atoms with Gasteiger partial charge < -0.3 is 5.11 Å². The Hall–Kier alpha value is -0.980. The maximum Gasteiger partial charge on any atom is 0.151 e. The standard InChI is InChI=1S/C14H22FNO3S/c1-10(11(2)20(4,18)19)16(3)9-14(17)12-6-5-7-13(15)8-12/h5-8,10-11,14,17H,9H2,1-4H3/t10-,11-,14+/m1/s1. The Labute approximate surface area is 120 Å². The van der Waals surface area contributed by atoms with E-state index in [4.69, 9.17) is 0 Å². The van der Waals surface area contributed by atoms with Gasteiger partial charge in [0.15, 0.2) is 9.84 Å². The van der Waals surface area contributed by atoms with E-state index in [1.165, 1.54) is 24.5 Å². The fraction of sp³-hybridized carbons (Fsp3) is 0.571. The van der Waals surface area contributed by atoms with Crippen molar-refractivity contribution in [3.8, 4) is 0 Å². The minimum absolute atomic E-state index is 0.241. The minimum Gasteiger partial charge on any atom is -0.387 e. The zero-order chi connectivity index (χ0) is 15.5. The number of likely N-dealkylation sites (N-methyl/N-ethyl adjacent to an activating group) is 1. The second-order valence-electron chi connectivity index (χ2n) is 5.29. The normalized spacial score (nSPS) is 16.9. The molecular weight excluding hydrogens is 281 g/mol. The van der Waals surface area contributed by atoms with Gasteiger partial charge in [0, 0.05) is 18.8 Å². The Kier molecular flexibility index (Phi) is 5.68. The van der Waals surface area contributed by atoms with Crippen molar-refractivity contribution >= 4 is 9.84 Å². The van der Waals surface area contributed by atoms with Gasteiger partial charge in [-0.05, 0) is 38.6 Å². The first-order valence-electron chi connectivity index (χ1n) is 6.45. The predicted molar refractivity (Wildman–Crippen MR) is 77.8 cm³/mol. The van der Waals surface area contributed by atoms with Gasteiger partial charge in [-0.15, -0.1) is 0 Å². The summed E-state index contributed by atoms with van der Waals surface area (Å²) in [6.45, 7) is 3.68. The van der Waals surface area contributed by atoms with E-state index >= 15 is 0 Å². The molecule has 0 spiro atoms. The van der Waals surface area contributed by atoms with Crippen LogP contribution in [-0.4, -0.2) is 49.6 Å². The number of aliphatic hydroxyl groups excluding tert-OH is 1. The van der Waals surface area contributed by atoms with Crippen LogP contribution in [0.15, 0.2) is 24.3 Å². The van der Waals surface area contributed by atoms with Crippen LogP contribution in [0.4, 0.5) is 4.39 Å². The van der Waals surface area contributed by atoms with Crippen molar-refractivity contribution < 1.29 is 17.9 Å². The van der Waals surface area contributed by atoms with Gasteiger partial charge in [0.2, 0.25) is 0 Å². The maximum absolute atomic E-state index is 13.1. The van der Waals surface area contributed by atoms with E-state index in [0.29, 0.717) is 5.56 Å². The molecule has 0 aromatic heterocycles. The summed E-state index contributed by atoms with van der Waals surface area (Å²) in [5.41, 5.74) is 0.482. The fourth-order valence-corrected chi connectivity index (χ4v) is 2.90. The van der Waals surface area contributed by atoms with Gasteiger partial charge in [-0.3, -0.25) is 4.90 Å². The first-order chi connectivity index (χ1) is 9.12. The van der Waals surface area contributed by atoms with Crippen molar-refractivity contribution in [3.05, 3.63) is 35.6 Å². The number of hydrogen-bond donors (Lipinski definition) is 1. The highest BCUT2D eigenvalue weighted by molar-refractivity contribution is 7.91. The molecule has 4 nitrogen and oxygen atoms in total. The van der Waals surface area contributed by atoms with E-state index in [1.807, 2.05) is 0 Å². The summed E-state index contributed by atoms with van der Waals surface area (Å²) in [5, 5.41) is 9.56. The van der Waals surface area contributed by atoms with Gasteiger partial charge in [0.05, 0.1) is 11.4 Å². The van der Waals surface area contributed by atoms with Crippen LogP contribution in [-0.2, 0) is 9.84 Å². The largest absolute Gasteiger partial charge is 0.387 e. The number of nitrogens with zero attached hydrogens (tertiary/aromatic N) is 1. The summed E-state index contributed by atoms with van der Waals surface area (Å²) in [4.78, 5) is 1.77. The molecule has 0 heterocycles. The second kappa shape index (κ2) is 6.65. The summed E-state index contributed by atoms with van der Waals surface area (Å²) in [7, 11) is -1.39.